The predicted octanol–water partition coefficient (Wildman–Crippen LogP) is 5.22. The highest BCUT2D eigenvalue weighted by molar-refractivity contribution is 14.1. The Morgan fingerprint density at radius 3 is 2.59 bits per heavy atom. The number of hydrogen-bond acceptors (Lipinski definition) is 6. The Labute approximate surface area is 186 Å². The second-order valence-electron chi connectivity index (χ2n) is 6.47. The second kappa shape index (κ2) is 8.58. The lowest BCUT2D eigenvalue weighted by Gasteiger charge is -2.03. The molecule has 0 N–H and O–H groups in total. The molecule has 1 aromatic carbocycles. The highest BCUT2D eigenvalue weighted by Crippen LogP contribution is 2.23. The number of aromatic nitrogens is 4. The number of aryl methyl sites for hydroxylation is 3. The van der Waals surface area contributed by atoms with Gasteiger partial charge in [-0.3, -0.25) is 4.68 Å². The average molecular weight is 525 g/mol. The van der Waals surface area contributed by atoms with Crippen molar-refractivity contribution in [3.63, 3.8) is 0 Å². The van der Waals surface area contributed by atoms with Crippen molar-refractivity contribution in [3.8, 4) is 17.4 Å². The number of ether oxygens (including phenoxy) is 1. The summed E-state index contributed by atoms with van der Waals surface area (Å²) in [6.45, 7) is 4.74. The molecule has 150 valence electrons. The summed E-state index contributed by atoms with van der Waals surface area (Å²) in [5, 5.41) is 13.3. The molecule has 0 unspecified atom stereocenters. The Morgan fingerprint density at radius 1 is 1.07 bits per heavy atom. The van der Waals surface area contributed by atoms with Crippen molar-refractivity contribution in [2.24, 2.45) is 0 Å². The maximum absolute atomic E-state index is 6.18. The molecule has 4 rings (SSSR count). The van der Waals surface area contributed by atoms with E-state index in [2.05, 4.69) is 37.9 Å². The van der Waals surface area contributed by atoms with Crippen LogP contribution in [-0.4, -0.2) is 20.0 Å². The van der Waals surface area contributed by atoms with E-state index in [0.717, 1.165) is 20.7 Å². The maximum Gasteiger partial charge on any atom is 0.283 e. The van der Waals surface area contributed by atoms with Gasteiger partial charge in [0.25, 0.3) is 5.89 Å². The molecule has 3 aromatic heterocycles. The van der Waals surface area contributed by atoms with Gasteiger partial charge in [-0.15, -0.1) is 10.2 Å². The van der Waals surface area contributed by atoms with Gasteiger partial charge in [-0.2, -0.15) is 5.10 Å². The number of furan rings is 1. The summed E-state index contributed by atoms with van der Waals surface area (Å²) in [6.07, 6.45) is 0.550. The minimum atomic E-state index is 0.320. The van der Waals surface area contributed by atoms with E-state index in [-0.39, 0.29) is 0 Å². The topological polar surface area (TPSA) is 79.1 Å². The minimum Gasteiger partial charge on any atom is -0.486 e. The Balaban J connectivity index is 1.36. The van der Waals surface area contributed by atoms with Gasteiger partial charge in [0.1, 0.15) is 18.1 Å². The van der Waals surface area contributed by atoms with E-state index >= 15 is 0 Å². The molecule has 0 saturated heterocycles. The fraction of sp³-hybridized carbons (Fsp3) is 0.250. The van der Waals surface area contributed by atoms with Crippen molar-refractivity contribution in [1.82, 2.24) is 20.0 Å². The molecule has 3 heterocycles. The van der Waals surface area contributed by atoms with E-state index in [4.69, 9.17) is 25.2 Å². The Kier molecular flexibility index (Phi) is 5.91. The standard InChI is InChI=1S/C20H18ClIN4O3/c1-12-19(21)13(2)26(25-12)10-9-18-23-24-20(29-18)17-8-7-16(28-17)11-27-15-5-3-14(22)4-6-15/h3-8H,9-11H2,1-2H3. The molecule has 29 heavy (non-hydrogen) atoms. The molecule has 0 aliphatic heterocycles. The minimum absolute atomic E-state index is 0.320. The molecule has 0 spiro atoms. The number of hydrogen-bond donors (Lipinski definition) is 0. The summed E-state index contributed by atoms with van der Waals surface area (Å²) in [5.41, 5.74) is 1.73. The van der Waals surface area contributed by atoms with Crippen molar-refractivity contribution in [2.45, 2.75) is 33.4 Å². The second-order valence-corrected chi connectivity index (χ2v) is 8.09. The molecule has 4 aromatic rings. The fourth-order valence-electron chi connectivity index (χ4n) is 2.80. The third-order valence-corrected chi connectivity index (χ3v) is 5.63. The van der Waals surface area contributed by atoms with Crippen LogP contribution < -0.4 is 4.74 Å². The lowest BCUT2D eigenvalue weighted by atomic mass is 10.3. The van der Waals surface area contributed by atoms with E-state index in [1.807, 2.05) is 48.9 Å². The molecule has 7 nitrogen and oxygen atoms in total. The maximum atomic E-state index is 6.18. The third kappa shape index (κ3) is 4.64. The van der Waals surface area contributed by atoms with E-state index < -0.39 is 0 Å². The Morgan fingerprint density at radius 2 is 1.86 bits per heavy atom. The van der Waals surface area contributed by atoms with Gasteiger partial charge in [-0.25, -0.2) is 0 Å². The highest BCUT2D eigenvalue weighted by Gasteiger charge is 2.15. The summed E-state index contributed by atoms with van der Waals surface area (Å²) < 4.78 is 20.2. The molecule has 0 aliphatic rings. The SMILES string of the molecule is Cc1nn(CCc2nnc(-c3ccc(COc4ccc(I)cc4)o3)o2)c(C)c1Cl. The van der Waals surface area contributed by atoms with Crippen molar-refractivity contribution < 1.29 is 13.6 Å². The van der Waals surface area contributed by atoms with E-state index in [1.54, 1.807) is 6.07 Å². The van der Waals surface area contributed by atoms with Crippen LogP contribution in [0.15, 0.2) is 45.2 Å². The van der Waals surface area contributed by atoms with Crippen LogP contribution in [0.4, 0.5) is 0 Å². The quantitative estimate of drug-likeness (QED) is 0.308. The van der Waals surface area contributed by atoms with E-state index in [0.29, 0.717) is 47.9 Å². The number of rotatable bonds is 7. The zero-order chi connectivity index (χ0) is 20.4. The van der Waals surface area contributed by atoms with Crippen LogP contribution in [0.25, 0.3) is 11.7 Å². The molecule has 0 fully saturated rings. The Hall–Kier alpha value is -2.33. The first-order chi connectivity index (χ1) is 14.0. The van der Waals surface area contributed by atoms with E-state index in [1.165, 1.54) is 0 Å². The summed E-state index contributed by atoms with van der Waals surface area (Å²) in [4.78, 5) is 0. The third-order valence-electron chi connectivity index (χ3n) is 4.36. The van der Waals surface area contributed by atoms with Gasteiger partial charge in [0.05, 0.1) is 16.4 Å². The first-order valence-electron chi connectivity index (χ1n) is 8.99. The lowest BCUT2D eigenvalue weighted by molar-refractivity contribution is 0.271. The van der Waals surface area contributed by atoms with Gasteiger partial charge in [-0.05, 0) is 72.8 Å². The van der Waals surface area contributed by atoms with Crippen molar-refractivity contribution in [2.75, 3.05) is 0 Å². The smallest absolute Gasteiger partial charge is 0.283 e. The van der Waals surface area contributed by atoms with Crippen LogP contribution in [0.3, 0.4) is 0 Å². The fourth-order valence-corrected chi connectivity index (χ4v) is 3.30. The van der Waals surface area contributed by atoms with Gasteiger partial charge < -0.3 is 13.6 Å². The van der Waals surface area contributed by atoms with Crippen LogP contribution >= 0.6 is 34.2 Å². The van der Waals surface area contributed by atoms with Crippen LogP contribution in [0.2, 0.25) is 5.02 Å². The number of halogens is 2. The Bertz CT molecular complexity index is 1120. The number of benzene rings is 1. The van der Waals surface area contributed by atoms with Gasteiger partial charge in [0.2, 0.25) is 5.89 Å². The van der Waals surface area contributed by atoms with Crippen LogP contribution in [0.1, 0.15) is 23.0 Å². The van der Waals surface area contributed by atoms with Crippen molar-refractivity contribution >= 4 is 34.2 Å². The van der Waals surface area contributed by atoms with Crippen LogP contribution in [-0.2, 0) is 19.6 Å². The largest absolute Gasteiger partial charge is 0.486 e. The normalized spacial score (nSPS) is 11.2. The highest BCUT2D eigenvalue weighted by atomic mass is 127. The first kappa shape index (κ1) is 20.0. The first-order valence-corrected chi connectivity index (χ1v) is 10.4. The molecule has 0 radical (unpaired) electrons. The van der Waals surface area contributed by atoms with Gasteiger partial charge in [0, 0.05) is 16.5 Å². The molecule has 0 saturated carbocycles. The zero-order valence-electron chi connectivity index (χ0n) is 15.9. The molecular weight excluding hydrogens is 507 g/mol. The summed E-state index contributed by atoms with van der Waals surface area (Å²) in [6, 6.07) is 11.5. The summed E-state index contributed by atoms with van der Waals surface area (Å²) >= 11 is 8.43. The summed E-state index contributed by atoms with van der Waals surface area (Å²) in [5.74, 6) is 2.83. The predicted molar refractivity (Wildman–Crippen MR) is 116 cm³/mol. The molecule has 9 heteroatoms. The van der Waals surface area contributed by atoms with Crippen LogP contribution in [0, 0.1) is 17.4 Å². The molecular formula is C20H18ClIN4O3. The molecule has 0 aliphatic carbocycles. The van der Waals surface area contributed by atoms with Crippen LogP contribution in [0.5, 0.6) is 5.75 Å². The number of nitrogens with zero attached hydrogens (tertiary/aromatic N) is 4. The van der Waals surface area contributed by atoms with Crippen molar-refractivity contribution in [1.29, 1.82) is 0 Å². The van der Waals surface area contributed by atoms with E-state index in [9.17, 15) is 0 Å². The summed E-state index contributed by atoms with van der Waals surface area (Å²) in [7, 11) is 0. The van der Waals surface area contributed by atoms with Gasteiger partial charge in [0.15, 0.2) is 5.76 Å². The van der Waals surface area contributed by atoms with Gasteiger partial charge in [-0.1, -0.05) is 11.6 Å². The van der Waals surface area contributed by atoms with Gasteiger partial charge >= 0.3 is 0 Å². The molecule has 0 bridgehead atoms. The lowest BCUT2D eigenvalue weighted by Crippen LogP contribution is -2.05. The molecule has 0 atom stereocenters. The average Bonchev–Trinajstić information content (AvgIpc) is 3.43. The van der Waals surface area contributed by atoms with Crippen molar-refractivity contribution in [3.05, 3.63) is 68.0 Å². The monoisotopic (exact) mass is 524 g/mol. The molecule has 0 amide bonds. The zero-order valence-corrected chi connectivity index (χ0v) is 18.8.